The molecule has 32 heavy (non-hydrogen) atoms. The molecule has 0 aliphatic heterocycles. The van der Waals surface area contributed by atoms with Gasteiger partial charge >= 0.3 is 10.1 Å². The number of hydrogen-bond acceptors (Lipinski definition) is 6. The molecule has 0 radical (unpaired) electrons. The number of carbonyl (C=O) groups excluding carboxylic acids is 1. The monoisotopic (exact) mass is 452 g/mol. The Hall–Kier alpha value is -3.65. The van der Waals surface area contributed by atoms with E-state index in [0.29, 0.717) is 11.3 Å². The zero-order chi connectivity index (χ0) is 23.1. The lowest BCUT2D eigenvalue weighted by atomic mass is 10.1. The summed E-state index contributed by atoms with van der Waals surface area (Å²) in [6.45, 7) is 3.69. The summed E-state index contributed by atoms with van der Waals surface area (Å²) >= 11 is 0. The predicted molar refractivity (Wildman–Crippen MR) is 123 cm³/mol. The first-order valence-electron chi connectivity index (χ1n) is 9.83. The summed E-state index contributed by atoms with van der Waals surface area (Å²) in [6.07, 6.45) is 1.47. The molecule has 0 aromatic heterocycles. The van der Waals surface area contributed by atoms with Gasteiger partial charge in [-0.25, -0.2) is 5.43 Å². The van der Waals surface area contributed by atoms with E-state index in [1.165, 1.54) is 18.3 Å². The van der Waals surface area contributed by atoms with Gasteiger partial charge in [0, 0.05) is 5.56 Å². The normalized spacial score (nSPS) is 11.3. The third kappa shape index (κ3) is 6.18. The van der Waals surface area contributed by atoms with Crippen molar-refractivity contribution in [2.24, 2.45) is 5.10 Å². The highest BCUT2D eigenvalue weighted by molar-refractivity contribution is 7.87. The van der Waals surface area contributed by atoms with Gasteiger partial charge in [-0.2, -0.15) is 13.5 Å². The Labute approximate surface area is 187 Å². The molecule has 1 N–H and O–H groups in total. The molecule has 0 heterocycles. The van der Waals surface area contributed by atoms with E-state index < -0.39 is 10.1 Å². The fourth-order valence-electron chi connectivity index (χ4n) is 2.87. The molecule has 3 aromatic carbocycles. The molecule has 0 saturated heterocycles. The minimum Gasteiger partial charge on any atom is -0.497 e. The fourth-order valence-corrected chi connectivity index (χ4v) is 3.82. The van der Waals surface area contributed by atoms with Crippen LogP contribution < -0.4 is 14.3 Å². The molecule has 0 unspecified atom stereocenters. The molecule has 0 aliphatic carbocycles. The molecule has 1 amide bonds. The van der Waals surface area contributed by atoms with E-state index in [9.17, 15) is 13.2 Å². The molecule has 0 bridgehead atoms. The van der Waals surface area contributed by atoms with Crippen molar-refractivity contribution in [1.82, 2.24) is 5.43 Å². The van der Waals surface area contributed by atoms with Crippen LogP contribution in [0.15, 0.2) is 76.7 Å². The van der Waals surface area contributed by atoms with E-state index in [1.807, 2.05) is 19.9 Å². The second-order valence-corrected chi connectivity index (χ2v) is 8.76. The van der Waals surface area contributed by atoms with E-state index in [0.717, 1.165) is 16.7 Å². The van der Waals surface area contributed by atoms with Crippen molar-refractivity contribution in [1.29, 1.82) is 0 Å². The summed E-state index contributed by atoms with van der Waals surface area (Å²) in [5.74, 6) is 0.461. The van der Waals surface area contributed by atoms with Crippen LogP contribution in [0.2, 0.25) is 0 Å². The largest absolute Gasteiger partial charge is 0.497 e. The van der Waals surface area contributed by atoms with Crippen LogP contribution in [0.25, 0.3) is 0 Å². The Morgan fingerprint density at radius 3 is 2.44 bits per heavy atom. The van der Waals surface area contributed by atoms with Gasteiger partial charge in [0.25, 0.3) is 0 Å². The van der Waals surface area contributed by atoms with E-state index in [-0.39, 0.29) is 23.0 Å². The molecular formula is C24H24N2O5S. The molecule has 8 heteroatoms. The lowest BCUT2D eigenvalue weighted by molar-refractivity contribution is -0.120. The van der Waals surface area contributed by atoms with E-state index >= 15 is 0 Å². The van der Waals surface area contributed by atoms with Gasteiger partial charge in [0.2, 0.25) is 5.91 Å². The molecular weight excluding hydrogens is 428 g/mol. The molecule has 3 aromatic rings. The maximum Gasteiger partial charge on any atom is 0.339 e. The van der Waals surface area contributed by atoms with Crippen LogP contribution >= 0.6 is 0 Å². The van der Waals surface area contributed by atoms with Crippen molar-refractivity contribution >= 4 is 22.2 Å². The SMILES string of the molecule is COc1cccc(CC(=O)NN=Cc2ccc(C)cc2OS(=O)(=O)c2ccc(C)cc2)c1. The number of methoxy groups -OCH3 is 1. The van der Waals surface area contributed by atoms with Gasteiger partial charge in [-0.05, 0) is 61.4 Å². The highest BCUT2D eigenvalue weighted by Crippen LogP contribution is 2.24. The second kappa shape index (κ2) is 10.1. The number of ether oxygens (including phenoxy) is 1. The average molecular weight is 453 g/mol. The highest BCUT2D eigenvalue weighted by Gasteiger charge is 2.18. The van der Waals surface area contributed by atoms with Gasteiger partial charge in [0.1, 0.15) is 10.6 Å². The zero-order valence-corrected chi connectivity index (χ0v) is 18.8. The Morgan fingerprint density at radius 2 is 1.72 bits per heavy atom. The number of benzene rings is 3. The van der Waals surface area contributed by atoms with E-state index in [4.69, 9.17) is 8.92 Å². The van der Waals surface area contributed by atoms with Gasteiger partial charge in [-0.15, -0.1) is 0 Å². The fraction of sp³-hybridized carbons (Fsp3) is 0.167. The van der Waals surface area contributed by atoms with Crippen molar-refractivity contribution in [2.45, 2.75) is 25.2 Å². The molecule has 0 spiro atoms. The minimum absolute atomic E-state index is 0.0547. The predicted octanol–water partition coefficient (Wildman–Crippen LogP) is 3.77. The Balaban J connectivity index is 1.72. The maximum absolute atomic E-state index is 12.7. The van der Waals surface area contributed by atoms with Crippen LogP contribution in [0, 0.1) is 13.8 Å². The third-order valence-corrected chi connectivity index (χ3v) is 5.82. The number of amides is 1. The number of hydrogen-bond donors (Lipinski definition) is 1. The smallest absolute Gasteiger partial charge is 0.339 e. The average Bonchev–Trinajstić information content (AvgIpc) is 2.75. The number of nitrogens with zero attached hydrogens (tertiary/aromatic N) is 1. The lowest BCUT2D eigenvalue weighted by Gasteiger charge is -2.10. The Kier molecular flexibility index (Phi) is 7.27. The summed E-state index contributed by atoms with van der Waals surface area (Å²) in [5.41, 5.74) is 5.39. The Morgan fingerprint density at radius 1 is 1.00 bits per heavy atom. The first-order valence-corrected chi connectivity index (χ1v) is 11.2. The van der Waals surface area contributed by atoms with Gasteiger partial charge in [0.05, 0.1) is 19.7 Å². The molecule has 0 aliphatic rings. The van der Waals surface area contributed by atoms with E-state index in [2.05, 4.69) is 10.5 Å². The number of hydrazone groups is 1. The number of nitrogens with one attached hydrogen (secondary N) is 1. The summed E-state index contributed by atoms with van der Waals surface area (Å²) in [7, 11) is -2.46. The first kappa shape index (κ1) is 23.0. The van der Waals surface area contributed by atoms with Crippen LogP contribution in [-0.2, 0) is 21.3 Å². The van der Waals surface area contributed by atoms with Crippen molar-refractivity contribution in [3.8, 4) is 11.5 Å². The first-order chi connectivity index (χ1) is 15.3. The molecule has 7 nitrogen and oxygen atoms in total. The third-order valence-electron chi connectivity index (χ3n) is 4.57. The van der Waals surface area contributed by atoms with Crippen molar-refractivity contribution in [2.75, 3.05) is 7.11 Å². The van der Waals surface area contributed by atoms with Gasteiger partial charge in [0.15, 0.2) is 5.75 Å². The van der Waals surface area contributed by atoms with Crippen molar-refractivity contribution < 1.29 is 22.1 Å². The Bertz CT molecular complexity index is 1240. The molecule has 0 fully saturated rings. The van der Waals surface area contributed by atoms with E-state index in [1.54, 1.807) is 55.6 Å². The summed E-state index contributed by atoms with van der Waals surface area (Å²) in [4.78, 5) is 12.2. The number of aryl methyl sites for hydroxylation is 2. The molecule has 3 rings (SSSR count). The standard InChI is InChI=1S/C24H24N2O5S/c1-17-8-11-22(12-9-17)32(28,29)31-23-13-18(2)7-10-20(23)16-25-26-24(27)15-19-5-4-6-21(14-19)30-3/h4-14,16H,15H2,1-3H3,(H,26,27). The van der Waals surface area contributed by atoms with Crippen molar-refractivity contribution in [3.63, 3.8) is 0 Å². The molecule has 0 saturated carbocycles. The maximum atomic E-state index is 12.7. The topological polar surface area (TPSA) is 94.1 Å². The minimum atomic E-state index is -4.02. The summed E-state index contributed by atoms with van der Waals surface area (Å²) < 4.78 is 35.9. The lowest BCUT2D eigenvalue weighted by Crippen LogP contribution is -2.20. The summed E-state index contributed by atoms with van der Waals surface area (Å²) in [6, 6.07) is 18.6. The van der Waals surface area contributed by atoms with Crippen LogP contribution in [0.3, 0.4) is 0 Å². The van der Waals surface area contributed by atoms with Crippen LogP contribution in [0.4, 0.5) is 0 Å². The van der Waals surface area contributed by atoms with Crippen molar-refractivity contribution in [3.05, 3.63) is 89.0 Å². The van der Waals surface area contributed by atoms with Gasteiger partial charge < -0.3 is 8.92 Å². The molecule has 0 atom stereocenters. The van der Waals surface area contributed by atoms with Crippen LogP contribution in [-0.4, -0.2) is 27.6 Å². The summed E-state index contributed by atoms with van der Waals surface area (Å²) in [5, 5.41) is 3.95. The van der Waals surface area contributed by atoms with Crippen LogP contribution in [0.1, 0.15) is 22.3 Å². The highest BCUT2D eigenvalue weighted by atomic mass is 32.2. The zero-order valence-electron chi connectivity index (χ0n) is 18.0. The number of carbonyl (C=O) groups is 1. The second-order valence-electron chi connectivity index (χ2n) is 7.21. The molecule has 166 valence electrons. The van der Waals surface area contributed by atoms with Gasteiger partial charge in [-0.3, -0.25) is 4.79 Å². The number of rotatable bonds is 8. The quantitative estimate of drug-likeness (QED) is 0.319. The van der Waals surface area contributed by atoms with Gasteiger partial charge in [-0.1, -0.05) is 35.9 Å². The van der Waals surface area contributed by atoms with Crippen LogP contribution in [0.5, 0.6) is 11.5 Å².